The molecule has 8 nitrogen and oxygen atoms in total. The summed E-state index contributed by atoms with van der Waals surface area (Å²) in [6, 6.07) is 0.536. The number of halogens is 2. The van der Waals surface area contributed by atoms with Gasteiger partial charge in [-0.05, 0) is 19.3 Å². The normalized spacial score (nSPS) is 26.7. The lowest BCUT2D eigenvalue weighted by molar-refractivity contribution is 0.227. The van der Waals surface area contributed by atoms with E-state index in [0.717, 1.165) is 0 Å². The molecular weight excluding hydrogens is 468 g/mol. The Kier molecular flexibility index (Phi) is 13.5. The SMILES string of the molecule is NC1CCCCC1.O=[P@]1(N(CCCl)CCCl)N[C@@H](SCCS(=O)(=O)O)CCO1. The molecule has 0 radical (unpaired) electrons. The summed E-state index contributed by atoms with van der Waals surface area (Å²) in [5, 5.41) is 2.71. The van der Waals surface area contributed by atoms with Crippen molar-refractivity contribution in [1.82, 2.24) is 9.76 Å². The zero-order chi connectivity index (χ0) is 21.0. The molecule has 2 atom stereocenters. The van der Waals surface area contributed by atoms with Crippen molar-refractivity contribution in [2.24, 2.45) is 5.73 Å². The molecule has 1 heterocycles. The predicted molar refractivity (Wildman–Crippen MR) is 118 cm³/mol. The number of hydrogen-bond acceptors (Lipinski definition) is 6. The summed E-state index contributed by atoms with van der Waals surface area (Å²) in [5.74, 6) is 0.467. The molecule has 1 saturated carbocycles. The van der Waals surface area contributed by atoms with Gasteiger partial charge >= 0.3 is 7.67 Å². The maximum Gasteiger partial charge on any atom is 0.344 e. The van der Waals surface area contributed by atoms with Crippen LogP contribution in [-0.4, -0.2) is 72.0 Å². The lowest BCUT2D eigenvalue weighted by Crippen LogP contribution is -2.40. The first-order valence-corrected chi connectivity index (χ1v) is 14.7. The Balaban J connectivity index is 0.000000467. The summed E-state index contributed by atoms with van der Waals surface area (Å²) in [6.07, 6.45) is 7.26. The summed E-state index contributed by atoms with van der Waals surface area (Å²) in [5.41, 5.74) is 5.63. The van der Waals surface area contributed by atoms with Gasteiger partial charge in [0.15, 0.2) is 0 Å². The van der Waals surface area contributed by atoms with Gasteiger partial charge in [-0.3, -0.25) is 9.12 Å². The van der Waals surface area contributed by atoms with Crippen LogP contribution in [0.25, 0.3) is 0 Å². The molecule has 2 rings (SSSR count). The van der Waals surface area contributed by atoms with Crippen LogP contribution in [0.15, 0.2) is 0 Å². The van der Waals surface area contributed by atoms with Crippen LogP contribution in [-0.2, 0) is 19.2 Å². The minimum absolute atomic E-state index is 0.209. The minimum Gasteiger partial charge on any atom is -0.328 e. The highest BCUT2D eigenvalue weighted by Crippen LogP contribution is 2.50. The summed E-state index contributed by atoms with van der Waals surface area (Å²) < 4.78 is 49.8. The van der Waals surface area contributed by atoms with Crippen molar-refractivity contribution in [3.8, 4) is 0 Å². The van der Waals surface area contributed by atoms with Crippen molar-refractivity contribution in [3.63, 3.8) is 0 Å². The highest BCUT2D eigenvalue weighted by molar-refractivity contribution is 8.01. The lowest BCUT2D eigenvalue weighted by atomic mass is 9.97. The third-order valence-electron chi connectivity index (χ3n) is 4.32. The summed E-state index contributed by atoms with van der Waals surface area (Å²) in [4.78, 5) is 0. The van der Waals surface area contributed by atoms with Gasteiger partial charge in [0.25, 0.3) is 10.1 Å². The van der Waals surface area contributed by atoms with Crippen molar-refractivity contribution < 1.29 is 22.1 Å². The third kappa shape index (κ3) is 11.3. The second kappa shape index (κ2) is 14.1. The number of nitrogens with one attached hydrogen (secondary N) is 1. The molecular formula is C15H32Cl2N3O5PS2. The number of alkyl halides is 2. The van der Waals surface area contributed by atoms with Crippen molar-refractivity contribution in [1.29, 1.82) is 0 Å². The molecule has 0 aromatic rings. The first kappa shape index (κ1) is 26.9. The zero-order valence-corrected chi connectivity index (χ0v) is 20.0. The Morgan fingerprint density at radius 2 is 1.79 bits per heavy atom. The second-order valence-electron chi connectivity index (χ2n) is 6.65. The van der Waals surface area contributed by atoms with E-state index in [4.69, 9.17) is 38.0 Å². The Hall–Kier alpha value is 0.910. The van der Waals surface area contributed by atoms with Gasteiger partial charge in [0.05, 0.1) is 17.7 Å². The molecule has 1 aliphatic carbocycles. The second-order valence-corrected chi connectivity index (χ2v) is 12.4. The molecule has 0 unspecified atom stereocenters. The first-order chi connectivity index (χ1) is 13.2. The van der Waals surface area contributed by atoms with Gasteiger partial charge in [0.2, 0.25) is 0 Å². The molecule has 28 heavy (non-hydrogen) atoms. The van der Waals surface area contributed by atoms with Gasteiger partial charge in [-0.15, -0.1) is 35.0 Å². The molecule has 13 heteroatoms. The summed E-state index contributed by atoms with van der Waals surface area (Å²) in [6.45, 7) is 1.05. The fourth-order valence-electron chi connectivity index (χ4n) is 2.85. The van der Waals surface area contributed by atoms with E-state index in [1.165, 1.54) is 43.9 Å². The van der Waals surface area contributed by atoms with E-state index in [9.17, 15) is 13.0 Å². The van der Waals surface area contributed by atoms with E-state index < -0.39 is 17.8 Å². The Bertz CT molecular complexity index is 576. The quantitative estimate of drug-likeness (QED) is 0.249. The summed E-state index contributed by atoms with van der Waals surface area (Å²) in [7, 11) is -7.19. The number of rotatable bonds is 9. The van der Waals surface area contributed by atoms with Crippen molar-refractivity contribution >= 4 is 52.8 Å². The van der Waals surface area contributed by atoms with Crippen LogP contribution in [0.3, 0.4) is 0 Å². The van der Waals surface area contributed by atoms with Crippen LogP contribution in [0.5, 0.6) is 0 Å². The molecule has 0 amide bonds. The molecule has 2 fully saturated rings. The number of thioether (sulfide) groups is 1. The maximum atomic E-state index is 12.8. The van der Waals surface area contributed by atoms with E-state index in [2.05, 4.69) is 5.09 Å². The van der Waals surface area contributed by atoms with Gasteiger partial charge in [-0.25, -0.2) is 9.76 Å². The Morgan fingerprint density at radius 3 is 2.25 bits per heavy atom. The minimum atomic E-state index is -3.98. The van der Waals surface area contributed by atoms with Crippen LogP contribution >= 0.6 is 42.6 Å². The number of hydrogen-bond donors (Lipinski definition) is 3. The number of nitrogens with two attached hydrogens (primary N) is 1. The van der Waals surface area contributed by atoms with E-state index in [-0.39, 0.29) is 16.9 Å². The van der Waals surface area contributed by atoms with E-state index in [1.807, 2.05) is 0 Å². The Morgan fingerprint density at radius 1 is 1.18 bits per heavy atom. The van der Waals surface area contributed by atoms with Crippen LogP contribution in [0.4, 0.5) is 0 Å². The standard InChI is InChI=1S/C9H19Cl2N2O5PS2.C6H13N/c10-2-4-13(5-3-11)19(14)12-9(1-6-18-19)20-7-8-21(15,16)17;7-6-4-2-1-3-5-6/h9H,1-8H2,(H,12,14)(H,15,16,17);6H,1-5,7H2/t9-,19+;/m0./s1. The van der Waals surface area contributed by atoms with Crippen LogP contribution in [0, 0.1) is 0 Å². The summed E-state index contributed by atoms with van der Waals surface area (Å²) >= 11 is 12.7. The average molecular weight is 500 g/mol. The average Bonchev–Trinajstić information content (AvgIpc) is 2.62. The van der Waals surface area contributed by atoms with Crippen molar-refractivity contribution in [2.75, 3.05) is 43.0 Å². The van der Waals surface area contributed by atoms with Crippen LogP contribution < -0.4 is 10.8 Å². The smallest absolute Gasteiger partial charge is 0.328 e. The topological polar surface area (TPSA) is 122 Å². The number of nitrogens with zero attached hydrogens (tertiary/aromatic N) is 1. The molecule has 4 N–H and O–H groups in total. The van der Waals surface area contributed by atoms with E-state index in [1.54, 1.807) is 4.67 Å². The predicted octanol–water partition coefficient (Wildman–Crippen LogP) is 3.11. The molecule has 1 aliphatic heterocycles. The molecule has 1 saturated heterocycles. The van der Waals surface area contributed by atoms with Gasteiger partial charge < -0.3 is 10.3 Å². The molecule has 2 aliphatic rings. The lowest BCUT2D eigenvalue weighted by Gasteiger charge is -2.36. The highest BCUT2D eigenvalue weighted by atomic mass is 35.5. The van der Waals surface area contributed by atoms with E-state index >= 15 is 0 Å². The monoisotopic (exact) mass is 499 g/mol. The molecule has 0 bridgehead atoms. The molecule has 0 spiro atoms. The molecule has 168 valence electrons. The highest BCUT2D eigenvalue weighted by Gasteiger charge is 2.37. The fourth-order valence-corrected chi connectivity index (χ4v) is 7.94. The fraction of sp³-hybridized carbons (Fsp3) is 1.00. The van der Waals surface area contributed by atoms with Crippen LogP contribution in [0.2, 0.25) is 0 Å². The van der Waals surface area contributed by atoms with Crippen molar-refractivity contribution in [2.45, 2.75) is 49.9 Å². The zero-order valence-electron chi connectivity index (χ0n) is 16.0. The first-order valence-electron chi connectivity index (χ1n) is 9.42. The van der Waals surface area contributed by atoms with Crippen LogP contribution in [0.1, 0.15) is 38.5 Å². The molecule has 0 aromatic carbocycles. The van der Waals surface area contributed by atoms with Gasteiger partial charge in [-0.1, -0.05) is 19.3 Å². The van der Waals surface area contributed by atoms with Gasteiger partial charge in [0.1, 0.15) is 0 Å². The van der Waals surface area contributed by atoms with Gasteiger partial charge in [0, 0.05) is 36.6 Å². The maximum absolute atomic E-state index is 12.8. The Labute approximate surface area is 182 Å². The largest absolute Gasteiger partial charge is 0.344 e. The molecule has 0 aromatic heterocycles. The van der Waals surface area contributed by atoms with Gasteiger partial charge in [-0.2, -0.15) is 8.42 Å². The van der Waals surface area contributed by atoms with Crippen molar-refractivity contribution in [3.05, 3.63) is 0 Å². The third-order valence-corrected chi connectivity index (χ3v) is 9.32. The van der Waals surface area contributed by atoms with E-state index in [0.29, 0.717) is 43.9 Å².